The first-order valence-electron chi connectivity index (χ1n) is 15.8. The van der Waals surface area contributed by atoms with Crippen LogP contribution in [0.5, 0.6) is 5.75 Å². The largest absolute Gasteiger partial charge is 0.496 e. The lowest BCUT2D eigenvalue weighted by molar-refractivity contribution is -0.114. The van der Waals surface area contributed by atoms with Crippen LogP contribution in [0.25, 0.3) is 11.3 Å². The summed E-state index contributed by atoms with van der Waals surface area (Å²) in [7, 11) is 1.66. The van der Waals surface area contributed by atoms with E-state index in [0.717, 1.165) is 73.0 Å². The van der Waals surface area contributed by atoms with Gasteiger partial charge in [-0.25, -0.2) is 9.97 Å². The highest BCUT2D eigenvalue weighted by Gasteiger charge is 2.18. The van der Waals surface area contributed by atoms with Crippen molar-refractivity contribution in [2.24, 2.45) is 0 Å². The average molecular weight is 604 g/mol. The summed E-state index contributed by atoms with van der Waals surface area (Å²) in [6.45, 7) is 9.11. The van der Waals surface area contributed by atoms with Gasteiger partial charge in [0.25, 0.3) is 0 Å². The van der Waals surface area contributed by atoms with E-state index in [1.807, 2.05) is 30.5 Å². The molecule has 232 valence electrons. The van der Waals surface area contributed by atoms with E-state index in [-0.39, 0.29) is 12.2 Å². The standard InChI is InChI=1S/C37H41N5O3/c1-3-33(43)23-28-12-15-35(44-2)34(24-28)36-29(22-27-10-13-31(14-11-27)42-18-20-45-21-19-42)26-38-37(40-36)39-30-8-7-9-32(25-30)41-16-5-4-6-17-41/h3,7-15,24-26H,1,4-6,16-23H2,2H3,(H,38,39,40). The van der Waals surface area contributed by atoms with Crippen LogP contribution >= 0.6 is 0 Å². The van der Waals surface area contributed by atoms with Gasteiger partial charge in [0, 0.05) is 73.4 Å². The molecule has 0 amide bonds. The monoisotopic (exact) mass is 603 g/mol. The van der Waals surface area contributed by atoms with Gasteiger partial charge in [-0.2, -0.15) is 0 Å². The molecule has 6 rings (SSSR count). The van der Waals surface area contributed by atoms with Gasteiger partial charge in [0.05, 0.1) is 26.0 Å². The molecule has 0 spiro atoms. The van der Waals surface area contributed by atoms with Crippen LogP contribution in [0.3, 0.4) is 0 Å². The van der Waals surface area contributed by atoms with Crippen molar-refractivity contribution in [2.45, 2.75) is 32.1 Å². The van der Waals surface area contributed by atoms with Gasteiger partial charge in [0.1, 0.15) is 5.75 Å². The molecule has 2 fully saturated rings. The quantitative estimate of drug-likeness (QED) is 0.192. The van der Waals surface area contributed by atoms with Crippen molar-refractivity contribution in [3.8, 4) is 17.0 Å². The number of carbonyl (C=O) groups is 1. The van der Waals surface area contributed by atoms with E-state index in [0.29, 0.717) is 18.1 Å². The van der Waals surface area contributed by atoms with Crippen LogP contribution in [0.4, 0.5) is 23.0 Å². The third kappa shape index (κ3) is 7.52. The van der Waals surface area contributed by atoms with Crippen LogP contribution in [0.1, 0.15) is 36.0 Å². The Hall–Kier alpha value is -4.69. The summed E-state index contributed by atoms with van der Waals surface area (Å²) in [5, 5.41) is 3.45. The zero-order valence-corrected chi connectivity index (χ0v) is 26.0. The number of anilines is 4. The molecule has 0 bridgehead atoms. The molecule has 3 heterocycles. The Balaban J connectivity index is 1.33. The summed E-state index contributed by atoms with van der Waals surface area (Å²) < 4.78 is 11.3. The molecule has 0 aliphatic carbocycles. The number of hydrogen-bond acceptors (Lipinski definition) is 8. The summed E-state index contributed by atoms with van der Waals surface area (Å²) >= 11 is 0. The zero-order valence-electron chi connectivity index (χ0n) is 26.0. The lowest BCUT2D eigenvalue weighted by Gasteiger charge is -2.29. The number of morpholine rings is 1. The summed E-state index contributed by atoms with van der Waals surface area (Å²) in [4.78, 5) is 26.9. The number of ketones is 1. The summed E-state index contributed by atoms with van der Waals surface area (Å²) in [5.74, 6) is 1.15. The van der Waals surface area contributed by atoms with E-state index in [1.54, 1.807) is 7.11 Å². The molecule has 2 aliphatic heterocycles. The average Bonchev–Trinajstić information content (AvgIpc) is 3.10. The summed E-state index contributed by atoms with van der Waals surface area (Å²) in [6, 6.07) is 23.0. The van der Waals surface area contributed by atoms with E-state index in [2.05, 4.69) is 64.2 Å². The molecule has 0 unspecified atom stereocenters. The number of hydrogen-bond donors (Lipinski definition) is 1. The van der Waals surface area contributed by atoms with Crippen molar-refractivity contribution in [1.29, 1.82) is 0 Å². The number of allylic oxidation sites excluding steroid dienone is 1. The molecule has 4 aromatic rings. The summed E-state index contributed by atoms with van der Waals surface area (Å²) in [5.41, 5.74) is 7.92. The Labute approximate surface area is 265 Å². The smallest absolute Gasteiger partial charge is 0.227 e. The fourth-order valence-electron chi connectivity index (χ4n) is 6.08. The van der Waals surface area contributed by atoms with Crippen LogP contribution in [-0.2, 0) is 22.4 Å². The molecule has 1 aromatic heterocycles. The van der Waals surface area contributed by atoms with Gasteiger partial charge in [0.2, 0.25) is 5.95 Å². The van der Waals surface area contributed by atoms with E-state index >= 15 is 0 Å². The molecular weight excluding hydrogens is 562 g/mol. The number of piperidine rings is 1. The maximum absolute atomic E-state index is 12.2. The second kappa shape index (κ2) is 14.4. The highest BCUT2D eigenvalue weighted by atomic mass is 16.5. The Morgan fingerprint density at radius 1 is 0.933 bits per heavy atom. The fraction of sp³-hybridized carbons (Fsp3) is 0.324. The van der Waals surface area contributed by atoms with Crippen molar-refractivity contribution in [1.82, 2.24) is 9.97 Å². The maximum atomic E-state index is 12.2. The topological polar surface area (TPSA) is 79.8 Å². The second-order valence-electron chi connectivity index (χ2n) is 11.6. The normalized spacial score (nSPS) is 15.0. The molecule has 1 N–H and O–H groups in total. The molecule has 3 aromatic carbocycles. The number of rotatable bonds is 11. The zero-order chi connectivity index (χ0) is 31.0. The van der Waals surface area contributed by atoms with Gasteiger partial charge in [-0.3, -0.25) is 4.79 Å². The molecule has 8 heteroatoms. The predicted octanol–water partition coefficient (Wildman–Crippen LogP) is 6.61. The molecule has 45 heavy (non-hydrogen) atoms. The summed E-state index contributed by atoms with van der Waals surface area (Å²) in [6.07, 6.45) is 7.90. The van der Waals surface area contributed by atoms with Crippen LogP contribution < -0.4 is 19.9 Å². The molecule has 0 atom stereocenters. The van der Waals surface area contributed by atoms with Crippen LogP contribution in [-0.4, -0.2) is 62.3 Å². The third-order valence-corrected chi connectivity index (χ3v) is 8.52. The maximum Gasteiger partial charge on any atom is 0.227 e. The van der Waals surface area contributed by atoms with Gasteiger partial charge in [-0.15, -0.1) is 0 Å². The molecule has 0 saturated carbocycles. The molecule has 2 saturated heterocycles. The number of benzene rings is 3. The van der Waals surface area contributed by atoms with Crippen molar-refractivity contribution in [3.63, 3.8) is 0 Å². The fourth-order valence-corrected chi connectivity index (χ4v) is 6.08. The van der Waals surface area contributed by atoms with Gasteiger partial charge in [-0.05, 0) is 78.9 Å². The van der Waals surface area contributed by atoms with E-state index in [9.17, 15) is 4.79 Å². The van der Waals surface area contributed by atoms with Gasteiger partial charge in [-0.1, -0.05) is 30.8 Å². The highest BCUT2D eigenvalue weighted by molar-refractivity contribution is 5.91. The van der Waals surface area contributed by atoms with E-state index < -0.39 is 0 Å². The lowest BCUT2D eigenvalue weighted by Crippen LogP contribution is -2.36. The van der Waals surface area contributed by atoms with Crippen LogP contribution in [0.2, 0.25) is 0 Å². The molecule has 2 aliphatic rings. The van der Waals surface area contributed by atoms with Crippen molar-refractivity contribution < 1.29 is 14.3 Å². The van der Waals surface area contributed by atoms with Crippen molar-refractivity contribution in [2.75, 3.05) is 61.6 Å². The minimum Gasteiger partial charge on any atom is -0.496 e. The number of methoxy groups -OCH3 is 1. The first kappa shape index (κ1) is 30.3. The number of aromatic nitrogens is 2. The van der Waals surface area contributed by atoms with E-state index in [4.69, 9.17) is 19.4 Å². The van der Waals surface area contributed by atoms with E-state index in [1.165, 1.54) is 36.7 Å². The Bertz CT molecular complexity index is 1630. The Morgan fingerprint density at radius 3 is 2.44 bits per heavy atom. The van der Waals surface area contributed by atoms with Crippen molar-refractivity contribution in [3.05, 3.63) is 102 Å². The van der Waals surface area contributed by atoms with Gasteiger partial charge in [0.15, 0.2) is 5.78 Å². The highest BCUT2D eigenvalue weighted by Crippen LogP contribution is 2.34. The van der Waals surface area contributed by atoms with Crippen molar-refractivity contribution >= 4 is 28.8 Å². The van der Waals surface area contributed by atoms with Crippen LogP contribution in [0, 0.1) is 0 Å². The Kier molecular flexibility index (Phi) is 9.71. The molecule has 0 radical (unpaired) electrons. The molecular formula is C37H41N5O3. The lowest BCUT2D eigenvalue weighted by atomic mass is 9.97. The number of carbonyl (C=O) groups excluding carboxylic acids is 1. The number of nitrogens with zero attached hydrogens (tertiary/aromatic N) is 4. The van der Waals surface area contributed by atoms with Crippen LogP contribution in [0.15, 0.2) is 85.6 Å². The Morgan fingerprint density at radius 2 is 1.69 bits per heavy atom. The van der Waals surface area contributed by atoms with Gasteiger partial charge >= 0.3 is 0 Å². The first-order valence-corrected chi connectivity index (χ1v) is 15.8. The molecule has 8 nitrogen and oxygen atoms in total. The number of nitrogens with one attached hydrogen (secondary N) is 1. The first-order chi connectivity index (χ1) is 22.1. The number of ether oxygens (including phenoxy) is 2. The predicted molar refractivity (Wildman–Crippen MR) is 181 cm³/mol. The third-order valence-electron chi connectivity index (χ3n) is 8.52. The minimum atomic E-state index is -0.0367. The second-order valence-corrected chi connectivity index (χ2v) is 11.6. The minimum absolute atomic E-state index is 0.0367. The van der Waals surface area contributed by atoms with Gasteiger partial charge < -0.3 is 24.6 Å². The SMILES string of the molecule is C=CC(=O)Cc1ccc(OC)c(-c2nc(Nc3cccc(N4CCCCC4)c3)ncc2Cc2ccc(N3CCOCC3)cc2)c1.